The summed E-state index contributed by atoms with van der Waals surface area (Å²) in [4.78, 5) is 10.4. The zero-order valence-electron chi connectivity index (χ0n) is 26.6. The summed E-state index contributed by atoms with van der Waals surface area (Å²) >= 11 is 0. The van der Waals surface area contributed by atoms with E-state index in [-0.39, 0.29) is 0 Å². The smallest absolute Gasteiger partial charge is 0.165 e. The molecule has 0 amide bonds. The molecule has 0 radical (unpaired) electrons. The van der Waals surface area contributed by atoms with Crippen LogP contribution in [0.4, 0.5) is 0 Å². The third-order valence-corrected chi connectivity index (χ3v) is 9.71. The van der Waals surface area contributed by atoms with Gasteiger partial charge in [0.05, 0.1) is 16.6 Å². The molecule has 0 saturated heterocycles. The van der Waals surface area contributed by atoms with Crippen molar-refractivity contribution >= 4 is 54.6 Å². The molecule has 0 aliphatic rings. The molecule has 10 aromatic rings. The van der Waals surface area contributed by atoms with Gasteiger partial charge < -0.3 is 0 Å². The lowest BCUT2D eigenvalue weighted by Crippen LogP contribution is -1.97. The van der Waals surface area contributed by atoms with Gasteiger partial charge in [-0.2, -0.15) is 0 Å². The number of benzene rings is 8. The van der Waals surface area contributed by atoms with E-state index in [2.05, 4.69) is 156 Å². The van der Waals surface area contributed by atoms with Gasteiger partial charge in [0.1, 0.15) is 5.52 Å². The lowest BCUT2D eigenvalue weighted by molar-refractivity contribution is 1.14. The Hall–Kier alpha value is -6.58. The second-order valence-corrected chi connectivity index (χ2v) is 12.7. The van der Waals surface area contributed by atoms with Crippen LogP contribution in [0.15, 0.2) is 176 Å². The lowest BCUT2D eigenvalue weighted by atomic mass is 9.92. The van der Waals surface area contributed by atoms with Gasteiger partial charge in [0.2, 0.25) is 0 Å². The normalized spacial score (nSPS) is 11.7. The summed E-state index contributed by atoms with van der Waals surface area (Å²) in [5.41, 5.74) is 12.8. The van der Waals surface area contributed by atoms with Crippen molar-refractivity contribution in [3.63, 3.8) is 0 Å². The fourth-order valence-electron chi connectivity index (χ4n) is 7.24. The van der Waals surface area contributed by atoms with Gasteiger partial charge >= 0.3 is 0 Å². The van der Waals surface area contributed by atoms with Crippen molar-refractivity contribution in [3.05, 3.63) is 176 Å². The Balaban J connectivity index is 1.23. The topological polar surface area (TPSA) is 30.7 Å². The molecule has 0 unspecified atom stereocenters. The number of nitrogens with zero attached hydrogens (tertiary/aromatic N) is 3. The highest BCUT2D eigenvalue weighted by molar-refractivity contribution is 6.09. The van der Waals surface area contributed by atoms with Crippen LogP contribution in [0.2, 0.25) is 0 Å². The summed E-state index contributed by atoms with van der Waals surface area (Å²) in [6.07, 6.45) is 0. The van der Waals surface area contributed by atoms with Crippen LogP contribution in [0, 0.1) is 0 Å². The van der Waals surface area contributed by atoms with Crippen LogP contribution in [0.25, 0.3) is 93.7 Å². The van der Waals surface area contributed by atoms with E-state index in [0.29, 0.717) is 0 Å². The molecular weight excluding hydrogens is 595 g/mol. The molecule has 0 spiro atoms. The number of aromatic nitrogens is 3. The predicted molar refractivity (Wildman–Crippen MR) is 205 cm³/mol. The number of hydrogen-bond acceptors (Lipinski definition) is 2. The minimum absolute atomic E-state index is 0.857. The van der Waals surface area contributed by atoms with Crippen LogP contribution in [0.1, 0.15) is 0 Å². The van der Waals surface area contributed by atoms with Crippen LogP contribution in [-0.4, -0.2) is 14.5 Å². The minimum Gasteiger partial charge on any atom is -0.292 e. The molecule has 10 rings (SSSR count). The van der Waals surface area contributed by atoms with Crippen LogP contribution in [0.3, 0.4) is 0 Å². The molecule has 0 fully saturated rings. The maximum absolute atomic E-state index is 5.21. The summed E-state index contributed by atoms with van der Waals surface area (Å²) in [5, 5.41) is 5.96. The highest BCUT2D eigenvalue weighted by atomic mass is 15.1. The first-order chi connectivity index (χ1) is 24.2. The van der Waals surface area contributed by atoms with Gasteiger partial charge in [-0.25, -0.2) is 9.97 Å². The van der Waals surface area contributed by atoms with Crippen molar-refractivity contribution in [2.75, 3.05) is 0 Å². The summed E-state index contributed by atoms with van der Waals surface area (Å²) < 4.78 is 2.28. The van der Waals surface area contributed by atoms with Crippen molar-refractivity contribution in [3.8, 4) is 39.1 Å². The van der Waals surface area contributed by atoms with E-state index in [4.69, 9.17) is 9.97 Å². The molecule has 49 heavy (non-hydrogen) atoms. The van der Waals surface area contributed by atoms with E-state index in [9.17, 15) is 0 Å². The largest absolute Gasteiger partial charge is 0.292 e. The Morgan fingerprint density at radius 2 is 0.898 bits per heavy atom. The second-order valence-electron chi connectivity index (χ2n) is 12.7. The maximum atomic E-state index is 5.21. The zero-order chi connectivity index (χ0) is 32.3. The summed E-state index contributed by atoms with van der Waals surface area (Å²) in [5.74, 6) is 0. The van der Waals surface area contributed by atoms with Gasteiger partial charge in [-0.15, -0.1) is 0 Å². The average Bonchev–Trinajstić information content (AvgIpc) is 3.49. The number of hydrogen-bond donors (Lipinski definition) is 0. The highest BCUT2D eigenvalue weighted by Crippen LogP contribution is 2.38. The molecule has 0 aliphatic heterocycles. The maximum Gasteiger partial charge on any atom is 0.165 e. The van der Waals surface area contributed by atoms with E-state index in [1.165, 1.54) is 43.8 Å². The summed E-state index contributed by atoms with van der Waals surface area (Å²) in [7, 11) is 0. The summed E-state index contributed by atoms with van der Waals surface area (Å²) in [6, 6.07) is 63.0. The monoisotopic (exact) mass is 623 g/mol. The minimum atomic E-state index is 0.857. The molecule has 8 aromatic carbocycles. The molecule has 3 nitrogen and oxygen atoms in total. The van der Waals surface area contributed by atoms with Gasteiger partial charge in [-0.3, -0.25) is 4.57 Å². The second kappa shape index (κ2) is 11.0. The Bertz CT molecular complexity index is 2880. The van der Waals surface area contributed by atoms with Gasteiger partial charge in [0.25, 0.3) is 0 Å². The molecule has 0 N–H and O–H groups in total. The standard InChI is InChI=1S/C46H29N3/c1-2-10-30(11-3-1)37-25-38(35-19-18-31-12-4-6-14-33(31)24-35)27-39(26-37)36-21-23-41-44(29-36)49(40-22-20-32-13-5-7-15-34(32)28-40)46-45(41)47-42-16-8-9-17-43(42)48-46/h1-29H. The lowest BCUT2D eigenvalue weighted by Gasteiger charge is -2.13. The van der Waals surface area contributed by atoms with Crippen molar-refractivity contribution in [2.45, 2.75) is 0 Å². The zero-order valence-corrected chi connectivity index (χ0v) is 26.6. The van der Waals surface area contributed by atoms with E-state index in [1.54, 1.807) is 0 Å². The Morgan fingerprint density at radius 1 is 0.347 bits per heavy atom. The van der Waals surface area contributed by atoms with Crippen LogP contribution in [0.5, 0.6) is 0 Å². The van der Waals surface area contributed by atoms with Gasteiger partial charge in [0.15, 0.2) is 5.65 Å². The number of rotatable bonds is 4. The molecule has 0 aliphatic carbocycles. The van der Waals surface area contributed by atoms with Gasteiger partial charge in [-0.1, -0.05) is 115 Å². The van der Waals surface area contributed by atoms with E-state index < -0.39 is 0 Å². The molecule has 2 aromatic heterocycles. The molecule has 0 saturated carbocycles. The molecule has 0 bridgehead atoms. The van der Waals surface area contributed by atoms with E-state index in [0.717, 1.165) is 49.9 Å². The Morgan fingerprint density at radius 3 is 1.63 bits per heavy atom. The first-order valence-electron chi connectivity index (χ1n) is 16.7. The predicted octanol–water partition coefficient (Wildman–Crippen LogP) is 12.0. The molecule has 3 heteroatoms. The van der Waals surface area contributed by atoms with Crippen molar-refractivity contribution in [1.82, 2.24) is 14.5 Å². The molecule has 2 heterocycles. The van der Waals surface area contributed by atoms with Crippen LogP contribution < -0.4 is 0 Å². The molecular formula is C46H29N3. The molecule has 228 valence electrons. The van der Waals surface area contributed by atoms with Crippen molar-refractivity contribution in [2.24, 2.45) is 0 Å². The fourth-order valence-corrected chi connectivity index (χ4v) is 7.24. The highest BCUT2D eigenvalue weighted by Gasteiger charge is 2.18. The first-order valence-corrected chi connectivity index (χ1v) is 16.7. The van der Waals surface area contributed by atoms with E-state index in [1.807, 2.05) is 24.3 Å². The van der Waals surface area contributed by atoms with E-state index >= 15 is 0 Å². The SMILES string of the molecule is c1ccc(-c2cc(-c3ccc4ccccc4c3)cc(-c3ccc4c5nc6ccccc6nc5n(-c5ccc6ccccc6c5)c4c3)c2)cc1. The van der Waals surface area contributed by atoms with Crippen molar-refractivity contribution in [1.29, 1.82) is 0 Å². The third-order valence-electron chi connectivity index (χ3n) is 9.71. The van der Waals surface area contributed by atoms with Crippen molar-refractivity contribution < 1.29 is 0 Å². The Kier molecular flexibility index (Phi) is 6.18. The Labute approximate surface area is 283 Å². The number of fused-ring (bicyclic) bond motifs is 6. The first kappa shape index (κ1) is 27.5. The molecule has 0 atom stereocenters. The van der Waals surface area contributed by atoms with Crippen LogP contribution in [-0.2, 0) is 0 Å². The number of para-hydroxylation sites is 2. The van der Waals surface area contributed by atoms with Gasteiger partial charge in [0, 0.05) is 11.1 Å². The summed E-state index contributed by atoms with van der Waals surface area (Å²) in [6.45, 7) is 0. The fraction of sp³-hybridized carbons (Fsp3) is 0. The quantitative estimate of drug-likeness (QED) is 0.195. The third kappa shape index (κ3) is 4.67. The van der Waals surface area contributed by atoms with Crippen LogP contribution >= 0.6 is 0 Å². The average molecular weight is 624 g/mol. The van der Waals surface area contributed by atoms with Gasteiger partial charge in [-0.05, 0) is 116 Å².